The fraction of sp³-hybridized carbons (Fsp3) is 0.417. The molecule has 6 nitrogen and oxygen atoms in total. The third-order valence-corrected chi connectivity index (χ3v) is 5.39. The summed E-state index contributed by atoms with van der Waals surface area (Å²) in [6.45, 7) is 5.69. The molecular weight excluding hydrogens is 374 g/mol. The van der Waals surface area contributed by atoms with Crippen molar-refractivity contribution in [1.82, 2.24) is 16.0 Å². The highest BCUT2D eigenvalue weighted by molar-refractivity contribution is 5.94. The minimum Gasteiger partial charge on any atom is -0.371 e. The summed E-state index contributed by atoms with van der Waals surface area (Å²) in [4.78, 5) is 19.0. The van der Waals surface area contributed by atoms with E-state index in [-0.39, 0.29) is 5.91 Å². The monoisotopic (exact) mass is 407 g/mol. The molecule has 1 heterocycles. The maximum Gasteiger partial charge on any atom is 0.251 e. The van der Waals surface area contributed by atoms with Crippen LogP contribution >= 0.6 is 0 Å². The molecule has 1 aliphatic heterocycles. The van der Waals surface area contributed by atoms with E-state index in [0.717, 1.165) is 50.4 Å². The highest BCUT2D eigenvalue weighted by atomic mass is 16.1. The molecule has 1 aliphatic rings. The fourth-order valence-electron chi connectivity index (χ4n) is 3.74. The SMILES string of the molecule is CCNC(=NCCc1cccc(C(=O)NC)c1)NC1CCN(c2ccccc2)CC1. The number of para-hydroxylation sites is 1. The van der Waals surface area contributed by atoms with Crippen molar-refractivity contribution in [3.05, 3.63) is 65.7 Å². The molecule has 0 saturated carbocycles. The summed E-state index contributed by atoms with van der Waals surface area (Å²) in [5.74, 6) is 0.815. The molecule has 3 N–H and O–H groups in total. The van der Waals surface area contributed by atoms with Gasteiger partial charge in [-0.25, -0.2) is 0 Å². The largest absolute Gasteiger partial charge is 0.371 e. The lowest BCUT2D eigenvalue weighted by molar-refractivity contribution is 0.0963. The van der Waals surface area contributed by atoms with Crippen molar-refractivity contribution in [1.29, 1.82) is 0 Å². The Kier molecular flexibility index (Phi) is 8.12. The Bertz CT molecular complexity index is 828. The van der Waals surface area contributed by atoms with Crippen molar-refractivity contribution >= 4 is 17.6 Å². The first-order chi connectivity index (χ1) is 14.7. The van der Waals surface area contributed by atoms with Crippen LogP contribution in [0.25, 0.3) is 0 Å². The molecule has 0 bridgehead atoms. The molecule has 160 valence electrons. The van der Waals surface area contributed by atoms with Crippen LogP contribution in [0.3, 0.4) is 0 Å². The zero-order valence-corrected chi connectivity index (χ0v) is 18.0. The number of rotatable bonds is 7. The molecule has 1 saturated heterocycles. The van der Waals surface area contributed by atoms with Gasteiger partial charge in [0.2, 0.25) is 0 Å². The number of amides is 1. The number of hydrogen-bond acceptors (Lipinski definition) is 3. The van der Waals surface area contributed by atoms with Crippen molar-refractivity contribution in [3.8, 4) is 0 Å². The van der Waals surface area contributed by atoms with Crippen molar-refractivity contribution in [2.24, 2.45) is 4.99 Å². The van der Waals surface area contributed by atoms with Crippen LogP contribution in [0.1, 0.15) is 35.7 Å². The summed E-state index contributed by atoms with van der Waals surface area (Å²) >= 11 is 0. The van der Waals surface area contributed by atoms with Crippen molar-refractivity contribution in [3.63, 3.8) is 0 Å². The first-order valence-electron chi connectivity index (χ1n) is 10.9. The van der Waals surface area contributed by atoms with Gasteiger partial charge in [0.15, 0.2) is 5.96 Å². The van der Waals surface area contributed by atoms with Crippen LogP contribution in [0.15, 0.2) is 59.6 Å². The lowest BCUT2D eigenvalue weighted by atomic mass is 10.0. The van der Waals surface area contributed by atoms with Crippen LogP contribution in [0.4, 0.5) is 5.69 Å². The van der Waals surface area contributed by atoms with Gasteiger partial charge in [-0.1, -0.05) is 30.3 Å². The number of hydrogen-bond donors (Lipinski definition) is 3. The second-order valence-corrected chi connectivity index (χ2v) is 7.53. The maximum atomic E-state index is 11.8. The number of carbonyl (C=O) groups is 1. The van der Waals surface area contributed by atoms with Crippen LogP contribution in [-0.4, -0.2) is 51.1 Å². The average molecular weight is 408 g/mol. The van der Waals surface area contributed by atoms with Crippen LogP contribution in [0.2, 0.25) is 0 Å². The van der Waals surface area contributed by atoms with E-state index in [2.05, 4.69) is 58.1 Å². The molecule has 6 heteroatoms. The Morgan fingerprint density at radius 3 is 2.57 bits per heavy atom. The number of nitrogens with one attached hydrogen (secondary N) is 3. The van der Waals surface area contributed by atoms with Gasteiger partial charge in [-0.15, -0.1) is 0 Å². The van der Waals surface area contributed by atoms with Gasteiger partial charge >= 0.3 is 0 Å². The summed E-state index contributed by atoms with van der Waals surface area (Å²) < 4.78 is 0. The number of aliphatic imine (C=N–C) groups is 1. The number of anilines is 1. The summed E-state index contributed by atoms with van der Waals surface area (Å²) in [6.07, 6.45) is 2.98. The molecule has 2 aromatic rings. The van der Waals surface area contributed by atoms with Crippen LogP contribution in [-0.2, 0) is 6.42 Å². The van der Waals surface area contributed by atoms with Crippen LogP contribution in [0.5, 0.6) is 0 Å². The molecule has 1 fully saturated rings. The van der Waals surface area contributed by atoms with Gasteiger partial charge in [0.05, 0.1) is 0 Å². The second-order valence-electron chi connectivity index (χ2n) is 7.53. The Morgan fingerprint density at radius 2 is 1.87 bits per heavy atom. The van der Waals surface area contributed by atoms with Gasteiger partial charge in [-0.2, -0.15) is 0 Å². The predicted molar refractivity (Wildman–Crippen MR) is 124 cm³/mol. The summed E-state index contributed by atoms with van der Waals surface area (Å²) in [6, 6.07) is 18.8. The van der Waals surface area contributed by atoms with Gasteiger partial charge in [-0.3, -0.25) is 9.79 Å². The molecule has 3 rings (SSSR count). The zero-order chi connectivity index (χ0) is 21.2. The number of carbonyl (C=O) groups excluding carboxylic acids is 1. The van der Waals surface area contributed by atoms with E-state index in [1.807, 2.05) is 24.3 Å². The van der Waals surface area contributed by atoms with Gasteiger partial charge in [0.25, 0.3) is 5.91 Å². The number of piperidine rings is 1. The average Bonchev–Trinajstić information content (AvgIpc) is 2.80. The summed E-state index contributed by atoms with van der Waals surface area (Å²) in [5, 5.41) is 9.63. The molecule has 0 spiro atoms. The zero-order valence-electron chi connectivity index (χ0n) is 18.0. The molecule has 0 aromatic heterocycles. The van der Waals surface area contributed by atoms with E-state index in [9.17, 15) is 4.79 Å². The van der Waals surface area contributed by atoms with E-state index < -0.39 is 0 Å². The Hall–Kier alpha value is -3.02. The first-order valence-corrected chi connectivity index (χ1v) is 10.9. The molecule has 0 radical (unpaired) electrons. The molecule has 1 amide bonds. The van der Waals surface area contributed by atoms with E-state index in [0.29, 0.717) is 18.2 Å². The van der Waals surface area contributed by atoms with Crippen LogP contribution < -0.4 is 20.9 Å². The standard InChI is InChI=1S/C24H33N5O/c1-3-26-24(27-15-12-19-8-7-9-20(18-19)23(30)25-2)28-21-13-16-29(17-14-21)22-10-5-4-6-11-22/h4-11,18,21H,3,12-17H2,1-2H3,(H,25,30)(H2,26,27,28). The molecule has 0 aliphatic carbocycles. The normalized spacial score (nSPS) is 15.0. The Morgan fingerprint density at radius 1 is 1.10 bits per heavy atom. The second kappa shape index (κ2) is 11.2. The highest BCUT2D eigenvalue weighted by Crippen LogP contribution is 2.19. The number of nitrogens with zero attached hydrogens (tertiary/aromatic N) is 2. The van der Waals surface area contributed by atoms with Crippen molar-refractivity contribution in [2.45, 2.75) is 32.2 Å². The third-order valence-electron chi connectivity index (χ3n) is 5.39. The summed E-state index contributed by atoms with van der Waals surface area (Å²) in [5.41, 5.74) is 3.11. The molecule has 2 aromatic carbocycles. The molecular formula is C24H33N5O. The van der Waals surface area contributed by atoms with E-state index in [1.54, 1.807) is 7.05 Å². The lowest BCUT2D eigenvalue weighted by Crippen LogP contribution is -2.48. The third kappa shape index (κ3) is 6.24. The van der Waals surface area contributed by atoms with Crippen molar-refractivity contribution in [2.75, 3.05) is 38.1 Å². The van der Waals surface area contributed by atoms with E-state index in [4.69, 9.17) is 4.99 Å². The number of benzene rings is 2. The van der Waals surface area contributed by atoms with Crippen LogP contribution in [0, 0.1) is 0 Å². The quantitative estimate of drug-likeness (QED) is 0.488. The maximum absolute atomic E-state index is 11.8. The van der Waals surface area contributed by atoms with Gasteiger partial charge in [-0.05, 0) is 56.0 Å². The van der Waals surface area contributed by atoms with E-state index in [1.165, 1.54) is 5.69 Å². The molecule has 0 atom stereocenters. The summed E-state index contributed by atoms with van der Waals surface area (Å²) in [7, 11) is 1.65. The van der Waals surface area contributed by atoms with Gasteiger partial charge in [0, 0.05) is 50.5 Å². The number of guanidine groups is 1. The van der Waals surface area contributed by atoms with Crippen molar-refractivity contribution < 1.29 is 4.79 Å². The lowest BCUT2D eigenvalue weighted by Gasteiger charge is -2.34. The first kappa shape index (κ1) is 21.7. The fourth-order valence-corrected chi connectivity index (χ4v) is 3.74. The predicted octanol–water partition coefficient (Wildman–Crippen LogP) is 2.81. The highest BCUT2D eigenvalue weighted by Gasteiger charge is 2.20. The topological polar surface area (TPSA) is 68.8 Å². The minimum atomic E-state index is -0.0581. The smallest absolute Gasteiger partial charge is 0.251 e. The Balaban J connectivity index is 1.51. The molecule has 30 heavy (non-hydrogen) atoms. The van der Waals surface area contributed by atoms with Gasteiger partial charge < -0.3 is 20.9 Å². The Labute approximate surface area is 179 Å². The van der Waals surface area contributed by atoms with E-state index >= 15 is 0 Å². The molecule has 0 unspecified atom stereocenters. The van der Waals surface area contributed by atoms with Gasteiger partial charge in [0.1, 0.15) is 0 Å². The minimum absolute atomic E-state index is 0.0581.